The number of aromatic carboxylic acids is 1. The maximum absolute atomic E-state index is 11.0. The summed E-state index contributed by atoms with van der Waals surface area (Å²) in [6, 6.07) is 12.7. The number of anilines is 2. The molecule has 0 amide bonds. The number of nitrogens with one attached hydrogen (secondary N) is 1. The average molecular weight is 391 g/mol. The third-order valence-corrected chi connectivity index (χ3v) is 3.71. The Balaban J connectivity index is 2.02. The minimum absolute atomic E-state index is 0.210. The normalized spacial score (nSPS) is 10.5. The number of carboxylic acid groups (broad SMARTS) is 1. The second kappa shape index (κ2) is 5.65. The summed E-state index contributed by atoms with van der Waals surface area (Å²) in [7, 11) is 0. The van der Waals surface area contributed by atoms with Gasteiger partial charge in [-0.1, -0.05) is 0 Å². The van der Waals surface area contributed by atoms with E-state index in [9.17, 15) is 4.79 Å². The van der Waals surface area contributed by atoms with Gasteiger partial charge in [-0.05, 0) is 65.1 Å². The molecule has 0 saturated heterocycles. The Morgan fingerprint density at radius 1 is 1.10 bits per heavy atom. The number of hydrogen-bond acceptors (Lipinski definition) is 4. The minimum atomic E-state index is -0.970. The monoisotopic (exact) mass is 391 g/mol. The molecule has 0 atom stereocenters. The van der Waals surface area contributed by atoms with Crippen molar-refractivity contribution < 1.29 is 9.90 Å². The number of carboxylic acids is 1. The quantitative estimate of drug-likeness (QED) is 0.667. The van der Waals surface area contributed by atoms with Gasteiger partial charge in [-0.3, -0.25) is 0 Å². The molecule has 0 aliphatic rings. The van der Waals surface area contributed by atoms with Crippen LogP contribution >= 0.6 is 22.6 Å². The van der Waals surface area contributed by atoms with Gasteiger partial charge in [0.2, 0.25) is 0 Å². The summed E-state index contributed by atoms with van der Waals surface area (Å²) in [6.07, 6.45) is 1.42. The number of halogens is 1. The summed E-state index contributed by atoms with van der Waals surface area (Å²) in [6.45, 7) is 0. The first kappa shape index (κ1) is 13.7. The number of fused-ring (bicyclic) bond motifs is 1. The Bertz CT molecular complexity index is 819. The van der Waals surface area contributed by atoms with Gasteiger partial charge in [-0.15, -0.1) is 0 Å². The van der Waals surface area contributed by atoms with Crippen LogP contribution in [0, 0.1) is 3.57 Å². The average Bonchev–Trinajstić information content (AvgIpc) is 2.49. The van der Waals surface area contributed by atoms with Crippen LogP contribution in [-0.4, -0.2) is 21.0 Å². The second-order valence-electron chi connectivity index (χ2n) is 4.39. The van der Waals surface area contributed by atoms with Gasteiger partial charge >= 0.3 is 5.97 Å². The maximum atomic E-state index is 11.0. The molecule has 2 N–H and O–H groups in total. The summed E-state index contributed by atoms with van der Waals surface area (Å²) in [5.74, 6) is -0.319. The smallest absolute Gasteiger partial charge is 0.335 e. The molecule has 2 aromatic carbocycles. The van der Waals surface area contributed by atoms with Crippen LogP contribution in [-0.2, 0) is 0 Å². The molecule has 104 valence electrons. The van der Waals surface area contributed by atoms with Crippen molar-refractivity contribution >= 4 is 51.0 Å². The standard InChI is InChI=1S/C15H10IN3O2/c16-10-2-4-11(5-3-10)19-14-12-6-1-9(15(20)21)7-13(12)17-8-18-14/h1-8H,(H,20,21)(H,17,18,19). The number of hydrogen-bond donors (Lipinski definition) is 2. The SMILES string of the molecule is O=C(O)c1ccc2c(Nc3ccc(I)cc3)ncnc2c1. The Morgan fingerprint density at radius 2 is 1.86 bits per heavy atom. The third-order valence-electron chi connectivity index (χ3n) is 2.99. The molecule has 0 aliphatic heterocycles. The molecule has 0 spiro atoms. The Morgan fingerprint density at radius 3 is 2.57 bits per heavy atom. The van der Waals surface area contributed by atoms with E-state index in [1.807, 2.05) is 24.3 Å². The van der Waals surface area contributed by atoms with E-state index in [1.165, 1.54) is 6.33 Å². The molecule has 6 heteroatoms. The largest absolute Gasteiger partial charge is 0.478 e. The van der Waals surface area contributed by atoms with E-state index in [1.54, 1.807) is 18.2 Å². The zero-order chi connectivity index (χ0) is 14.8. The molecule has 3 rings (SSSR count). The topological polar surface area (TPSA) is 75.1 Å². The van der Waals surface area contributed by atoms with Crippen molar-refractivity contribution in [3.63, 3.8) is 0 Å². The first-order valence-electron chi connectivity index (χ1n) is 6.14. The van der Waals surface area contributed by atoms with Crippen molar-refractivity contribution in [2.75, 3.05) is 5.32 Å². The number of nitrogens with zero attached hydrogens (tertiary/aromatic N) is 2. The highest BCUT2D eigenvalue weighted by molar-refractivity contribution is 14.1. The van der Waals surface area contributed by atoms with Gasteiger partial charge in [0.05, 0.1) is 11.1 Å². The van der Waals surface area contributed by atoms with E-state index in [-0.39, 0.29) is 5.56 Å². The van der Waals surface area contributed by atoms with Crippen LogP contribution in [0.3, 0.4) is 0 Å². The van der Waals surface area contributed by atoms with E-state index in [2.05, 4.69) is 37.9 Å². The molecule has 0 bridgehead atoms. The van der Waals surface area contributed by atoms with Crippen LogP contribution < -0.4 is 5.32 Å². The van der Waals surface area contributed by atoms with E-state index >= 15 is 0 Å². The van der Waals surface area contributed by atoms with Gasteiger partial charge in [0.1, 0.15) is 12.1 Å². The molecular weight excluding hydrogens is 381 g/mol. The van der Waals surface area contributed by atoms with Gasteiger partial charge in [0, 0.05) is 14.6 Å². The number of benzene rings is 2. The Hall–Kier alpha value is -2.22. The highest BCUT2D eigenvalue weighted by atomic mass is 127. The van der Waals surface area contributed by atoms with E-state index in [4.69, 9.17) is 5.11 Å². The first-order chi connectivity index (χ1) is 10.1. The minimum Gasteiger partial charge on any atom is -0.478 e. The molecule has 5 nitrogen and oxygen atoms in total. The molecular formula is C15H10IN3O2. The lowest BCUT2D eigenvalue weighted by Gasteiger charge is -2.08. The summed E-state index contributed by atoms with van der Waals surface area (Å²) >= 11 is 2.24. The molecule has 0 aliphatic carbocycles. The van der Waals surface area contributed by atoms with Crippen LogP contribution in [0.25, 0.3) is 10.9 Å². The Kier molecular flexibility index (Phi) is 3.70. The van der Waals surface area contributed by atoms with Crippen LogP contribution in [0.15, 0.2) is 48.8 Å². The van der Waals surface area contributed by atoms with Gasteiger partial charge in [0.15, 0.2) is 0 Å². The molecule has 1 aromatic heterocycles. The fourth-order valence-electron chi connectivity index (χ4n) is 1.96. The van der Waals surface area contributed by atoms with Crippen molar-refractivity contribution in [2.24, 2.45) is 0 Å². The van der Waals surface area contributed by atoms with E-state index in [0.717, 1.165) is 14.6 Å². The zero-order valence-corrected chi connectivity index (χ0v) is 12.9. The van der Waals surface area contributed by atoms with Crippen molar-refractivity contribution in [1.82, 2.24) is 9.97 Å². The van der Waals surface area contributed by atoms with Crippen molar-refractivity contribution in [3.05, 3.63) is 57.9 Å². The highest BCUT2D eigenvalue weighted by Gasteiger charge is 2.08. The zero-order valence-electron chi connectivity index (χ0n) is 10.7. The summed E-state index contributed by atoms with van der Waals surface area (Å²) in [5, 5.41) is 13.0. The van der Waals surface area contributed by atoms with Crippen molar-refractivity contribution in [1.29, 1.82) is 0 Å². The first-order valence-corrected chi connectivity index (χ1v) is 7.22. The number of rotatable bonds is 3. The fourth-order valence-corrected chi connectivity index (χ4v) is 2.32. The lowest BCUT2D eigenvalue weighted by Crippen LogP contribution is -1.99. The number of aromatic nitrogens is 2. The summed E-state index contributed by atoms with van der Waals surface area (Å²) < 4.78 is 1.15. The molecule has 3 aromatic rings. The van der Waals surface area contributed by atoms with Gasteiger partial charge in [-0.2, -0.15) is 0 Å². The van der Waals surface area contributed by atoms with Crippen LogP contribution in [0.2, 0.25) is 0 Å². The molecule has 0 saturated carbocycles. The lowest BCUT2D eigenvalue weighted by atomic mass is 10.1. The van der Waals surface area contributed by atoms with Crippen LogP contribution in [0.5, 0.6) is 0 Å². The summed E-state index contributed by atoms with van der Waals surface area (Å²) in [4.78, 5) is 19.3. The molecule has 0 unspecified atom stereocenters. The van der Waals surface area contributed by atoms with Gasteiger partial charge in [-0.25, -0.2) is 14.8 Å². The maximum Gasteiger partial charge on any atom is 0.335 e. The second-order valence-corrected chi connectivity index (χ2v) is 5.64. The molecule has 0 radical (unpaired) electrons. The van der Waals surface area contributed by atoms with Gasteiger partial charge < -0.3 is 10.4 Å². The predicted molar refractivity (Wildman–Crippen MR) is 88.9 cm³/mol. The van der Waals surface area contributed by atoms with Crippen molar-refractivity contribution in [3.8, 4) is 0 Å². The van der Waals surface area contributed by atoms with Crippen molar-refractivity contribution in [2.45, 2.75) is 0 Å². The Labute approximate surface area is 134 Å². The van der Waals surface area contributed by atoms with E-state index < -0.39 is 5.97 Å². The fraction of sp³-hybridized carbons (Fsp3) is 0. The van der Waals surface area contributed by atoms with E-state index in [0.29, 0.717) is 11.3 Å². The summed E-state index contributed by atoms with van der Waals surface area (Å²) in [5.41, 5.74) is 1.72. The molecule has 21 heavy (non-hydrogen) atoms. The predicted octanol–water partition coefficient (Wildman–Crippen LogP) is 3.68. The van der Waals surface area contributed by atoms with Gasteiger partial charge in [0.25, 0.3) is 0 Å². The van der Waals surface area contributed by atoms with Crippen LogP contribution in [0.4, 0.5) is 11.5 Å². The third kappa shape index (κ3) is 2.94. The molecule has 0 fully saturated rings. The highest BCUT2D eigenvalue weighted by Crippen LogP contribution is 2.24. The molecule has 1 heterocycles. The lowest BCUT2D eigenvalue weighted by molar-refractivity contribution is 0.0697. The van der Waals surface area contributed by atoms with Crippen LogP contribution in [0.1, 0.15) is 10.4 Å². The number of carbonyl (C=O) groups is 1.